The first-order valence-corrected chi connectivity index (χ1v) is 5.58. The molecule has 2 rings (SSSR count). The van der Waals surface area contributed by atoms with Crippen LogP contribution in [0.4, 0.5) is 0 Å². The second-order valence-electron chi connectivity index (χ2n) is 3.93. The lowest BCUT2D eigenvalue weighted by Gasteiger charge is -2.22. The summed E-state index contributed by atoms with van der Waals surface area (Å²) in [6.07, 6.45) is 11.4. The average molecular weight is 208 g/mol. The van der Waals surface area contributed by atoms with Gasteiger partial charge in [0.25, 0.3) is 0 Å². The molecule has 0 N–H and O–H groups in total. The van der Waals surface area contributed by atoms with Gasteiger partial charge >= 0.3 is 0 Å². The van der Waals surface area contributed by atoms with Gasteiger partial charge in [-0.3, -0.25) is 0 Å². The molecule has 0 nitrogen and oxygen atoms in total. The minimum absolute atomic E-state index is 0.436. The number of fused-ring (bicyclic) bond motifs is 1. The molecule has 80 valence electrons. The van der Waals surface area contributed by atoms with E-state index < -0.39 is 0 Å². The smallest absolute Gasteiger partial charge is 0.00618 e. The molecule has 1 atom stereocenters. The first-order chi connectivity index (χ1) is 7.86. The Balaban J connectivity index is 2.49. The molecule has 0 aromatic heterocycles. The van der Waals surface area contributed by atoms with E-state index in [9.17, 15) is 0 Å². The second-order valence-corrected chi connectivity index (χ2v) is 3.93. The summed E-state index contributed by atoms with van der Waals surface area (Å²) in [7, 11) is 0. The molecule has 0 spiro atoms. The van der Waals surface area contributed by atoms with Crippen molar-refractivity contribution >= 4 is 11.6 Å². The molecule has 1 aliphatic rings. The van der Waals surface area contributed by atoms with Crippen molar-refractivity contribution in [3.05, 3.63) is 72.9 Å². The molecule has 0 heterocycles. The standard InChI is InChI=1S/C16H16/c1-3-7-13-11-12-14-9-5-6-10-16(14)15(13)8-4-2/h3-6,8-13H,1-2,7H2/b15-8+. The lowest BCUT2D eigenvalue weighted by atomic mass is 9.82. The molecule has 0 fully saturated rings. The van der Waals surface area contributed by atoms with Gasteiger partial charge in [0.15, 0.2) is 0 Å². The van der Waals surface area contributed by atoms with E-state index in [2.05, 4.69) is 55.7 Å². The first-order valence-electron chi connectivity index (χ1n) is 5.58. The maximum absolute atomic E-state index is 3.82. The molecular weight excluding hydrogens is 192 g/mol. The van der Waals surface area contributed by atoms with Crippen LogP contribution in [-0.4, -0.2) is 0 Å². The molecule has 0 aliphatic heterocycles. The fourth-order valence-corrected chi connectivity index (χ4v) is 2.15. The quantitative estimate of drug-likeness (QED) is 0.643. The monoisotopic (exact) mass is 208 g/mol. The van der Waals surface area contributed by atoms with Crippen molar-refractivity contribution in [2.45, 2.75) is 6.42 Å². The van der Waals surface area contributed by atoms with Gasteiger partial charge in [0.05, 0.1) is 0 Å². The molecule has 0 heteroatoms. The Labute approximate surface area is 97.3 Å². The average Bonchev–Trinajstić information content (AvgIpc) is 2.32. The summed E-state index contributed by atoms with van der Waals surface area (Å²) in [6.45, 7) is 7.61. The number of benzene rings is 1. The van der Waals surface area contributed by atoms with Crippen molar-refractivity contribution < 1.29 is 0 Å². The van der Waals surface area contributed by atoms with E-state index >= 15 is 0 Å². The summed E-state index contributed by atoms with van der Waals surface area (Å²) in [6, 6.07) is 8.47. The number of hydrogen-bond donors (Lipinski definition) is 0. The summed E-state index contributed by atoms with van der Waals surface area (Å²) >= 11 is 0. The minimum atomic E-state index is 0.436. The van der Waals surface area contributed by atoms with Crippen molar-refractivity contribution in [1.29, 1.82) is 0 Å². The van der Waals surface area contributed by atoms with Gasteiger partial charge in [-0.15, -0.1) is 6.58 Å². The maximum atomic E-state index is 3.82. The van der Waals surface area contributed by atoms with Crippen LogP contribution in [-0.2, 0) is 0 Å². The van der Waals surface area contributed by atoms with Crippen molar-refractivity contribution in [1.82, 2.24) is 0 Å². The largest absolute Gasteiger partial charge is 0.103 e. The molecule has 1 aliphatic carbocycles. The normalized spacial score (nSPS) is 20.5. The predicted molar refractivity (Wildman–Crippen MR) is 72.0 cm³/mol. The van der Waals surface area contributed by atoms with Gasteiger partial charge in [-0.1, -0.05) is 61.2 Å². The third kappa shape index (κ3) is 1.92. The highest BCUT2D eigenvalue weighted by Crippen LogP contribution is 2.35. The summed E-state index contributed by atoms with van der Waals surface area (Å²) in [5.74, 6) is 0.436. The van der Waals surface area contributed by atoms with Gasteiger partial charge in [-0.25, -0.2) is 0 Å². The SMILES string of the molecule is C=C/C=C1/c2ccccc2C=CC1CC=C. The zero-order valence-corrected chi connectivity index (χ0v) is 9.39. The van der Waals surface area contributed by atoms with Crippen LogP contribution in [0, 0.1) is 5.92 Å². The van der Waals surface area contributed by atoms with E-state index in [-0.39, 0.29) is 0 Å². The number of rotatable bonds is 3. The third-order valence-corrected chi connectivity index (χ3v) is 2.90. The molecular formula is C16H16. The fraction of sp³-hybridized carbons (Fsp3) is 0.125. The van der Waals surface area contributed by atoms with E-state index in [1.165, 1.54) is 16.7 Å². The third-order valence-electron chi connectivity index (χ3n) is 2.90. The molecule has 0 radical (unpaired) electrons. The van der Waals surface area contributed by atoms with Gasteiger partial charge in [-0.2, -0.15) is 0 Å². The van der Waals surface area contributed by atoms with E-state index in [1.807, 2.05) is 12.2 Å². The first kappa shape index (κ1) is 10.7. The van der Waals surface area contributed by atoms with Gasteiger partial charge in [0.1, 0.15) is 0 Å². The van der Waals surface area contributed by atoms with Crippen LogP contribution in [0.3, 0.4) is 0 Å². The lowest BCUT2D eigenvalue weighted by molar-refractivity contribution is 0.853. The molecule has 0 amide bonds. The topological polar surface area (TPSA) is 0 Å². The molecule has 0 saturated carbocycles. The Kier molecular flexibility index (Phi) is 3.21. The van der Waals surface area contributed by atoms with Crippen LogP contribution >= 0.6 is 0 Å². The Bertz CT molecular complexity index is 461. The lowest BCUT2D eigenvalue weighted by Crippen LogP contribution is -2.05. The summed E-state index contributed by atoms with van der Waals surface area (Å²) in [4.78, 5) is 0. The summed E-state index contributed by atoms with van der Waals surface area (Å²) in [5.41, 5.74) is 3.95. The molecule has 1 aromatic rings. The molecule has 1 aromatic carbocycles. The minimum Gasteiger partial charge on any atom is -0.103 e. The van der Waals surface area contributed by atoms with E-state index in [0.717, 1.165) is 6.42 Å². The molecule has 0 saturated heterocycles. The Morgan fingerprint density at radius 2 is 2.00 bits per heavy atom. The van der Waals surface area contributed by atoms with E-state index in [0.29, 0.717) is 5.92 Å². The Morgan fingerprint density at radius 3 is 2.75 bits per heavy atom. The summed E-state index contributed by atoms with van der Waals surface area (Å²) < 4.78 is 0. The highest BCUT2D eigenvalue weighted by Gasteiger charge is 2.17. The fourth-order valence-electron chi connectivity index (χ4n) is 2.15. The number of hydrogen-bond acceptors (Lipinski definition) is 0. The zero-order valence-electron chi connectivity index (χ0n) is 9.39. The Hall–Kier alpha value is -1.82. The van der Waals surface area contributed by atoms with Crippen molar-refractivity contribution in [3.8, 4) is 0 Å². The predicted octanol–water partition coefficient (Wildman–Crippen LogP) is 4.48. The zero-order chi connectivity index (χ0) is 11.4. The van der Waals surface area contributed by atoms with Crippen molar-refractivity contribution in [3.63, 3.8) is 0 Å². The second kappa shape index (κ2) is 4.80. The van der Waals surface area contributed by atoms with Gasteiger partial charge in [0, 0.05) is 5.92 Å². The molecule has 1 unspecified atom stereocenters. The van der Waals surface area contributed by atoms with Gasteiger partial charge < -0.3 is 0 Å². The van der Waals surface area contributed by atoms with Gasteiger partial charge in [-0.05, 0) is 23.1 Å². The van der Waals surface area contributed by atoms with Crippen LogP contribution in [0.5, 0.6) is 0 Å². The van der Waals surface area contributed by atoms with Gasteiger partial charge in [0.2, 0.25) is 0 Å². The van der Waals surface area contributed by atoms with Crippen molar-refractivity contribution in [2.24, 2.45) is 5.92 Å². The van der Waals surface area contributed by atoms with Crippen LogP contribution in [0.2, 0.25) is 0 Å². The van der Waals surface area contributed by atoms with Crippen LogP contribution in [0.25, 0.3) is 11.6 Å². The van der Waals surface area contributed by atoms with Crippen molar-refractivity contribution in [2.75, 3.05) is 0 Å². The van der Waals surface area contributed by atoms with E-state index in [4.69, 9.17) is 0 Å². The highest BCUT2D eigenvalue weighted by atomic mass is 14.2. The van der Waals surface area contributed by atoms with Crippen LogP contribution in [0.15, 0.2) is 61.7 Å². The summed E-state index contributed by atoms with van der Waals surface area (Å²) in [5, 5.41) is 0. The van der Waals surface area contributed by atoms with E-state index in [1.54, 1.807) is 0 Å². The highest BCUT2D eigenvalue weighted by molar-refractivity contribution is 5.81. The molecule has 16 heavy (non-hydrogen) atoms. The maximum Gasteiger partial charge on any atom is 0.00618 e. The van der Waals surface area contributed by atoms with Crippen LogP contribution in [0.1, 0.15) is 17.5 Å². The Morgan fingerprint density at radius 1 is 1.19 bits per heavy atom. The molecule has 0 bridgehead atoms. The van der Waals surface area contributed by atoms with Crippen LogP contribution < -0.4 is 0 Å². The number of allylic oxidation sites excluding steroid dienone is 5.